The van der Waals surface area contributed by atoms with Crippen LogP contribution in [0.4, 0.5) is 0 Å². The fraction of sp³-hybridized carbons (Fsp3) is 0.375. The Balaban J connectivity index is 1.99. The summed E-state index contributed by atoms with van der Waals surface area (Å²) >= 11 is 4.48. The summed E-state index contributed by atoms with van der Waals surface area (Å²) in [6.07, 6.45) is 0. The van der Waals surface area contributed by atoms with Crippen molar-refractivity contribution in [3.63, 3.8) is 0 Å². The smallest absolute Gasteiger partial charge is 0.234 e. The zero-order valence-electron chi connectivity index (χ0n) is 13.4. The lowest BCUT2D eigenvalue weighted by molar-refractivity contribution is 0.108. The minimum Gasteiger partial charge on any atom is -0.280 e. The number of carbonyl (C=O) groups is 1. The van der Waals surface area contributed by atoms with Gasteiger partial charge in [-0.05, 0) is 70.8 Å². The lowest BCUT2D eigenvalue weighted by Crippen LogP contribution is -2.31. The van der Waals surface area contributed by atoms with E-state index in [1.54, 1.807) is 23.1 Å². The van der Waals surface area contributed by atoms with E-state index < -0.39 is 0 Å². The van der Waals surface area contributed by atoms with Crippen molar-refractivity contribution in [2.45, 2.75) is 49.4 Å². The minimum absolute atomic E-state index is 0.0346. The summed E-state index contributed by atoms with van der Waals surface area (Å²) in [5.74, 6) is 0. The molecule has 118 valence electrons. The van der Waals surface area contributed by atoms with Crippen molar-refractivity contribution in [1.82, 2.24) is 9.71 Å². The summed E-state index contributed by atoms with van der Waals surface area (Å²) in [6, 6.07) is 7.69. The molecule has 6 heteroatoms. The summed E-state index contributed by atoms with van der Waals surface area (Å²) in [7, 11) is 0. The molecule has 0 atom stereocenters. The van der Waals surface area contributed by atoms with Gasteiger partial charge in [-0.25, -0.2) is 4.98 Å². The van der Waals surface area contributed by atoms with Crippen LogP contribution in [-0.4, -0.2) is 15.6 Å². The first-order chi connectivity index (χ1) is 10.2. The van der Waals surface area contributed by atoms with E-state index in [0.29, 0.717) is 5.56 Å². The zero-order chi connectivity index (χ0) is 16.3. The summed E-state index contributed by atoms with van der Waals surface area (Å²) < 4.78 is 4.18. The van der Waals surface area contributed by atoms with E-state index in [1.165, 1.54) is 4.88 Å². The second-order valence-electron chi connectivity index (χ2n) is 5.99. The minimum atomic E-state index is -0.0866. The Bertz CT molecular complexity index is 638. The quantitative estimate of drug-likeness (QED) is 0.777. The average molecular weight is 353 g/mol. The topological polar surface area (TPSA) is 42.0 Å². The molecule has 0 radical (unpaired) electrons. The van der Waals surface area contributed by atoms with Crippen LogP contribution in [0.15, 0.2) is 33.5 Å². The number of carbonyl (C=O) groups excluding carboxylic acids is 1. The van der Waals surface area contributed by atoms with Crippen molar-refractivity contribution in [1.29, 1.82) is 0 Å². The van der Waals surface area contributed by atoms with E-state index >= 15 is 0 Å². The molecule has 0 unspecified atom stereocenters. The predicted octanol–water partition coefficient (Wildman–Crippen LogP) is 5.09. The molecule has 0 aliphatic rings. The van der Waals surface area contributed by atoms with Crippen LogP contribution in [0.5, 0.6) is 0 Å². The highest BCUT2D eigenvalue weighted by atomic mass is 32.2. The maximum atomic E-state index is 12.1. The van der Waals surface area contributed by atoms with E-state index in [2.05, 4.69) is 16.6 Å². The molecule has 1 aromatic heterocycles. The van der Waals surface area contributed by atoms with Gasteiger partial charge in [-0.3, -0.25) is 9.52 Å². The molecule has 3 nitrogen and oxygen atoms in total. The number of nitrogens with one attached hydrogen (secondary N) is 1. The molecule has 1 heterocycles. The van der Waals surface area contributed by atoms with Crippen molar-refractivity contribution in [3.8, 4) is 0 Å². The molecule has 0 aliphatic carbocycles. The van der Waals surface area contributed by atoms with Gasteiger partial charge < -0.3 is 0 Å². The number of benzene rings is 1. The fourth-order valence-corrected chi connectivity index (χ4v) is 4.28. The molecule has 0 bridgehead atoms. The molecule has 0 fully saturated rings. The first-order valence-electron chi connectivity index (χ1n) is 6.95. The summed E-state index contributed by atoms with van der Waals surface area (Å²) in [5, 5.41) is 0.0346. The molecule has 0 spiro atoms. The van der Waals surface area contributed by atoms with Crippen LogP contribution in [0.25, 0.3) is 0 Å². The first kappa shape index (κ1) is 17.5. The fourth-order valence-electron chi connectivity index (χ4n) is 1.51. The van der Waals surface area contributed by atoms with Crippen molar-refractivity contribution < 1.29 is 4.79 Å². The van der Waals surface area contributed by atoms with Crippen LogP contribution in [0.2, 0.25) is 0 Å². The van der Waals surface area contributed by atoms with Gasteiger partial charge in [0.15, 0.2) is 4.34 Å². The van der Waals surface area contributed by atoms with Gasteiger partial charge in [0.1, 0.15) is 0 Å². The molecule has 0 amide bonds. The van der Waals surface area contributed by atoms with Crippen LogP contribution in [-0.2, 0) is 0 Å². The monoisotopic (exact) mass is 352 g/mol. The SMILES string of the molecule is Cc1nc(Sc2ccc(C(=O)SNC(C)(C)C)cc2)sc1C. The Kier molecular flexibility index (Phi) is 5.71. The molecular weight excluding hydrogens is 332 g/mol. The van der Waals surface area contributed by atoms with Gasteiger partial charge in [0.25, 0.3) is 0 Å². The van der Waals surface area contributed by atoms with Crippen LogP contribution < -0.4 is 4.72 Å². The van der Waals surface area contributed by atoms with Crippen molar-refractivity contribution in [2.75, 3.05) is 0 Å². The van der Waals surface area contributed by atoms with Gasteiger partial charge in [0, 0.05) is 20.9 Å². The van der Waals surface area contributed by atoms with Gasteiger partial charge >= 0.3 is 0 Å². The standard InChI is InChI=1S/C16H20N2OS3/c1-10-11(2)20-15(17-10)21-13-8-6-12(7-9-13)14(19)22-18-16(3,4)5/h6-9,18H,1-5H3. The largest absolute Gasteiger partial charge is 0.280 e. The number of hydrogen-bond acceptors (Lipinski definition) is 6. The predicted molar refractivity (Wildman–Crippen MR) is 97.0 cm³/mol. The zero-order valence-corrected chi connectivity index (χ0v) is 15.8. The third-order valence-corrected chi connectivity index (χ3v) is 6.03. The molecule has 0 saturated carbocycles. The van der Waals surface area contributed by atoms with Crippen LogP contribution in [0.1, 0.15) is 41.7 Å². The Morgan fingerprint density at radius 3 is 2.32 bits per heavy atom. The summed E-state index contributed by atoms with van der Waals surface area (Å²) in [5.41, 5.74) is 1.71. The van der Waals surface area contributed by atoms with Crippen molar-refractivity contribution in [3.05, 3.63) is 40.4 Å². The molecule has 22 heavy (non-hydrogen) atoms. The van der Waals surface area contributed by atoms with Crippen LogP contribution in [0.3, 0.4) is 0 Å². The highest BCUT2D eigenvalue weighted by Gasteiger charge is 2.14. The van der Waals surface area contributed by atoms with E-state index in [-0.39, 0.29) is 10.7 Å². The Hall–Kier alpha value is -0.820. The van der Waals surface area contributed by atoms with Crippen LogP contribution >= 0.6 is 35.0 Å². The molecule has 2 aromatic rings. The second kappa shape index (κ2) is 7.17. The van der Waals surface area contributed by atoms with Crippen LogP contribution in [0, 0.1) is 13.8 Å². The van der Waals surface area contributed by atoms with E-state index in [0.717, 1.165) is 26.9 Å². The lowest BCUT2D eigenvalue weighted by Gasteiger charge is -2.18. The Morgan fingerprint density at radius 1 is 1.18 bits per heavy atom. The van der Waals surface area contributed by atoms with E-state index in [9.17, 15) is 4.79 Å². The Labute approximate surface area is 144 Å². The van der Waals surface area contributed by atoms with Gasteiger partial charge in [-0.1, -0.05) is 11.8 Å². The first-order valence-corrected chi connectivity index (χ1v) is 9.40. The molecule has 0 aliphatic heterocycles. The Morgan fingerprint density at radius 2 is 1.82 bits per heavy atom. The number of aryl methyl sites for hydroxylation is 2. The van der Waals surface area contributed by atoms with Gasteiger partial charge in [0.2, 0.25) is 5.12 Å². The maximum Gasteiger partial charge on any atom is 0.234 e. The maximum absolute atomic E-state index is 12.1. The highest BCUT2D eigenvalue weighted by Crippen LogP contribution is 2.32. The number of hydrogen-bond donors (Lipinski definition) is 1. The molecular formula is C16H20N2OS3. The average Bonchev–Trinajstić information content (AvgIpc) is 2.74. The summed E-state index contributed by atoms with van der Waals surface area (Å²) in [6.45, 7) is 10.2. The van der Waals surface area contributed by atoms with E-state index in [1.807, 2.05) is 52.0 Å². The third-order valence-electron chi connectivity index (χ3n) is 2.75. The molecule has 1 aromatic carbocycles. The second-order valence-corrected chi connectivity index (χ2v) is 9.29. The molecule has 1 N–H and O–H groups in total. The lowest BCUT2D eigenvalue weighted by atomic mass is 10.1. The summed E-state index contributed by atoms with van der Waals surface area (Å²) in [4.78, 5) is 19.0. The number of thiazole rings is 1. The highest BCUT2D eigenvalue weighted by molar-refractivity contribution is 8.12. The van der Waals surface area contributed by atoms with E-state index in [4.69, 9.17) is 0 Å². The molecule has 2 rings (SSSR count). The third kappa shape index (κ3) is 5.12. The van der Waals surface area contributed by atoms with Gasteiger partial charge in [-0.2, -0.15) is 0 Å². The number of nitrogens with zero attached hydrogens (tertiary/aromatic N) is 1. The van der Waals surface area contributed by atoms with Gasteiger partial charge in [-0.15, -0.1) is 11.3 Å². The molecule has 0 saturated heterocycles. The van der Waals surface area contributed by atoms with Gasteiger partial charge in [0.05, 0.1) is 5.69 Å². The normalized spacial score (nSPS) is 11.7. The van der Waals surface area contributed by atoms with Crippen molar-refractivity contribution >= 4 is 40.2 Å². The number of rotatable bonds is 4. The number of aromatic nitrogens is 1. The van der Waals surface area contributed by atoms with Crippen molar-refractivity contribution in [2.24, 2.45) is 0 Å².